The van der Waals surface area contributed by atoms with Gasteiger partial charge in [-0.15, -0.1) is 0 Å². The molecule has 0 spiro atoms. The van der Waals surface area contributed by atoms with Crippen LogP contribution >= 0.6 is 0 Å². The summed E-state index contributed by atoms with van der Waals surface area (Å²) in [6.07, 6.45) is 4.10. The number of hydrogen-bond acceptors (Lipinski definition) is 6. The van der Waals surface area contributed by atoms with Crippen molar-refractivity contribution in [2.45, 2.75) is 19.4 Å². The number of hydrogen-bond donors (Lipinski definition) is 1. The Labute approximate surface area is 113 Å². The van der Waals surface area contributed by atoms with E-state index < -0.39 is 0 Å². The molecule has 1 aliphatic rings. The van der Waals surface area contributed by atoms with E-state index in [0.29, 0.717) is 11.5 Å². The van der Waals surface area contributed by atoms with Gasteiger partial charge in [0.05, 0.1) is 6.61 Å². The number of aliphatic hydroxyl groups excluding tert-OH is 1. The Balaban J connectivity index is 2.02. The number of anilines is 1. The summed E-state index contributed by atoms with van der Waals surface area (Å²) in [5.74, 6) is 0.668. The van der Waals surface area contributed by atoms with Gasteiger partial charge < -0.3 is 10.0 Å². The van der Waals surface area contributed by atoms with Gasteiger partial charge in [-0.25, -0.2) is 9.97 Å². The van der Waals surface area contributed by atoms with Gasteiger partial charge in [0.25, 0.3) is 0 Å². The maximum absolute atomic E-state index is 9.32. The Morgan fingerprint density at radius 2 is 2.00 bits per heavy atom. The van der Waals surface area contributed by atoms with Crippen molar-refractivity contribution in [1.82, 2.24) is 14.9 Å². The van der Waals surface area contributed by atoms with E-state index in [1.54, 1.807) is 6.20 Å². The van der Waals surface area contributed by atoms with Gasteiger partial charge in [-0.1, -0.05) is 6.92 Å². The van der Waals surface area contributed by atoms with E-state index in [2.05, 4.69) is 32.8 Å². The summed E-state index contributed by atoms with van der Waals surface area (Å²) in [5.41, 5.74) is 0.380. The molecule has 1 N–H and O–H groups in total. The molecule has 0 aromatic carbocycles. The lowest BCUT2D eigenvalue weighted by molar-refractivity contribution is 0.114. The van der Waals surface area contributed by atoms with Crippen LogP contribution in [0.2, 0.25) is 0 Å². The Morgan fingerprint density at radius 1 is 1.32 bits per heavy atom. The normalized spacial score (nSPS) is 18.1. The summed E-state index contributed by atoms with van der Waals surface area (Å²) in [6.45, 7) is 5.66. The van der Waals surface area contributed by atoms with E-state index in [1.807, 2.05) is 0 Å². The van der Waals surface area contributed by atoms with Crippen LogP contribution in [-0.2, 0) is 0 Å². The zero-order chi connectivity index (χ0) is 13.7. The fourth-order valence-electron chi connectivity index (χ4n) is 2.44. The van der Waals surface area contributed by atoms with Crippen molar-refractivity contribution in [2.24, 2.45) is 0 Å². The molecule has 102 valence electrons. The minimum atomic E-state index is 0.199. The molecule has 0 bridgehead atoms. The van der Waals surface area contributed by atoms with Crippen molar-refractivity contribution < 1.29 is 5.11 Å². The third-order valence-corrected chi connectivity index (χ3v) is 3.60. The number of aliphatic hydroxyl groups is 1. The Morgan fingerprint density at radius 3 is 2.58 bits per heavy atom. The van der Waals surface area contributed by atoms with Gasteiger partial charge in [-0.05, 0) is 6.42 Å². The van der Waals surface area contributed by atoms with Crippen molar-refractivity contribution >= 4 is 5.82 Å². The second kappa shape index (κ2) is 6.45. The summed E-state index contributed by atoms with van der Waals surface area (Å²) in [7, 11) is 0. The maximum atomic E-state index is 9.32. The molecular weight excluding hydrogens is 242 g/mol. The van der Waals surface area contributed by atoms with Gasteiger partial charge >= 0.3 is 0 Å². The Bertz CT molecular complexity index is 447. The third kappa shape index (κ3) is 3.00. The minimum absolute atomic E-state index is 0.199. The van der Waals surface area contributed by atoms with E-state index in [0.717, 1.165) is 32.6 Å². The molecule has 1 unspecified atom stereocenters. The van der Waals surface area contributed by atoms with Crippen molar-refractivity contribution in [3.8, 4) is 6.07 Å². The van der Waals surface area contributed by atoms with Crippen LogP contribution in [0.1, 0.15) is 19.0 Å². The van der Waals surface area contributed by atoms with Crippen LogP contribution in [0.3, 0.4) is 0 Å². The first kappa shape index (κ1) is 13.7. The van der Waals surface area contributed by atoms with E-state index in [4.69, 9.17) is 5.26 Å². The summed E-state index contributed by atoms with van der Waals surface area (Å²) in [5, 5.41) is 18.4. The fraction of sp³-hybridized carbons (Fsp3) is 0.615. The first-order valence-electron chi connectivity index (χ1n) is 6.61. The molecule has 1 saturated heterocycles. The average Bonchev–Trinajstić information content (AvgIpc) is 2.49. The zero-order valence-electron chi connectivity index (χ0n) is 11.2. The monoisotopic (exact) mass is 261 g/mol. The van der Waals surface area contributed by atoms with Crippen LogP contribution in [0, 0.1) is 11.3 Å². The van der Waals surface area contributed by atoms with Gasteiger partial charge in [0.1, 0.15) is 6.07 Å². The number of rotatable bonds is 4. The lowest BCUT2D eigenvalue weighted by Gasteiger charge is -2.38. The quantitative estimate of drug-likeness (QED) is 0.837. The van der Waals surface area contributed by atoms with Crippen LogP contribution in [0.4, 0.5) is 5.82 Å². The van der Waals surface area contributed by atoms with Crippen molar-refractivity contribution in [2.75, 3.05) is 37.7 Å². The van der Waals surface area contributed by atoms with Gasteiger partial charge in [0.15, 0.2) is 11.5 Å². The predicted octanol–water partition coefficient (Wildman–Crippen LogP) is 0.241. The molecule has 1 aromatic rings. The third-order valence-electron chi connectivity index (χ3n) is 3.60. The molecule has 19 heavy (non-hydrogen) atoms. The molecule has 1 aliphatic heterocycles. The summed E-state index contributed by atoms with van der Waals surface area (Å²) >= 11 is 0. The SMILES string of the molecule is CCC(CO)N1CCN(c2nccnc2C#N)CC1. The lowest BCUT2D eigenvalue weighted by Crippen LogP contribution is -2.51. The summed E-state index contributed by atoms with van der Waals surface area (Å²) < 4.78 is 0. The van der Waals surface area contributed by atoms with Crippen LogP contribution in [0.25, 0.3) is 0 Å². The molecule has 0 radical (unpaired) electrons. The molecule has 2 rings (SSSR count). The first-order chi connectivity index (χ1) is 9.30. The predicted molar refractivity (Wildman–Crippen MR) is 71.7 cm³/mol. The molecule has 0 saturated carbocycles. The second-order valence-corrected chi connectivity index (χ2v) is 4.61. The highest BCUT2D eigenvalue weighted by molar-refractivity contribution is 5.49. The van der Waals surface area contributed by atoms with Crippen molar-refractivity contribution in [1.29, 1.82) is 5.26 Å². The topological polar surface area (TPSA) is 76.3 Å². The number of aromatic nitrogens is 2. The maximum Gasteiger partial charge on any atom is 0.183 e. The van der Waals surface area contributed by atoms with Crippen LogP contribution in [-0.4, -0.2) is 58.8 Å². The van der Waals surface area contributed by atoms with Gasteiger partial charge in [-0.2, -0.15) is 5.26 Å². The summed E-state index contributed by atoms with van der Waals surface area (Å²) in [6, 6.07) is 2.32. The minimum Gasteiger partial charge on any atom is -0.395 e. The smallest absolute Gasteiger partial charge is 0.183 e. The lowest BCUT2D eigenvalue weighted by atomic mass is 10.1. The Kier molecular flexibility index (Phi) is 4.66. The van der Waals surface area contributed by atoms with E-state index in [9.17, 15) is 5.11 Å². The molecule has 1 fully saturated rings. The molecule has 6 heteroatoms. The fourth-order valence-corrected chi connectivity index (χ4v) is 2.44. The van der Waals surface area contributed by atoms with Gasteiger partial charge in [-0.3, -0.25) is 4.90 Å². The molecule has 6 nitrogen and oxygen atoms in total. The van der Waals surface area contributed by atoms with Crippen LogP contribution in [0.15, 0.2) is 12.4 Å². The zero-order valence-corrected chi connectivity index (χ0v) is 11.2. The molecule has 2 heterocycles. The van der Waals surface area contributed by atoms with Crippen molar-refractivity contribution in [3.63, 3.8) is 0 Å². The standard InChI is InChI=1S/C13H19N5O/c1-2-11(10-19)17-5-7-18(8-6-17)13-12(9-14)15-3-4-16-13/h3-4,11,19H,2,5-8,10H2,1H3. The van der Waals surface area contributed by atoms with E-state index in [1.165, 1.54) is 6.20 Å². The van der Waals surface area contributed by atoms with Crippen LogP contribution < -0.4 is 4.90 Å². The number of nitrogens with zero attached hydrogens (tertiary/aromatic N) is 5. The summed E-state index contributed by atoms with van der Waals surface area (Å²) in [4.78, 5) is 12.7. The second-order valence-electron chi connectivity index (χ2n) is 4.61. The van der Waals surface area contributed by atoms with E-state index >= 15 is 0 Å². The number of piperazine rings is 1. The largest absolute Gasteiger partial charge is 0.395 e. The van der Waals surface area contributed by atoms with Crippen LogP contribution in [0.5, 0.6) is 0 Å². The molecule has 0 amide bonds. The first-order valence-corrected chi connectivity index (χ1v) is 6.61. The highest BCUT2D eigenvalue weighted by Crippen LogP contribution is 2.17. The molecular formula is C13H19N5O. The molecule has 1 atom stereocenters. The number of nitriles is 1. The van der Waals surface area contributed by atoms with Gasteiger partial charge in [0.2, 0.25) is 0 Å². The van der Waals surface area contributed by atoms with Crippen molar-refractivity contribution in [3.05, 3.63) is 18.1 Å². The Hall–Kier alpha value is -1.71. The molecule has 0 aliphatic carbocycles. The average molecular weight is 261 g/mol. The van der Waals surface area contributed by atoms with E-state index in [-0.39, 0.29) is 12.6 Å². The highest BCUT2D eigenvalue weighted by Gasteiger charge is 2.24. The molecule has 1 aromatic heterocycles. The van der Waals surface area contributed by atoms with Gasteiger partial charge in [0, 0.05) is 44.6 Å². The highest BCUT2D eigenvalue weighted by atomic mass is 16.3.